The van der Waals surface area contributed by atoms with Crippen LogP contribution in [0.1, 0.15) is 20.8 Å². The number of rotatable bonds is 4. The Kier molecular flexibility index (Phi) is 3.90. The summed E-state index contributed by atoms with van der Waals surface area (Å²) in [4.78, 5) is 15.6. The number of carbonyl (C=O) groups excluding carboxylic acids is 1. The summed E-state index contributed by atoms with van der Waals surface area (Å²) in [5.41, 5.74) is 5.53. The molecule has 6 heteroatoms. The van der Waals surface area contributed by atoms with Gasteiger partial charge in [0.2, 0.25) is 5.91 Å². The monoisotopic (exact) mass is 228 g/mol. The van der Waals surface area contributed by atoms with Crippen LogP contribution in [-0.4, -0.2) is 23.0 Å². The van der Waals surface area contributed by atoms with E-state index in [1.165, 1.54) is 11.3 Å². The number of thiazole rings is 1. The highest BCUT2D eigenvalue weighted by molar-refractivity contribution is 7.19. The summed E-state index contributed by atoms with van der Waals surface area (Å²) in [5.74, 6) is -0.0428. The molecule has 0 radical (unpaired) electrons. The van der Waals surface area contributed by atoms with Crippen LogP contribution in [0.3, 0.4) is 0 Å². The van der Waals surface area contributed by atoms with Gasteiger partial charge in [0.05, 0.1) is 6.20 Å². The van der Waals surface area contributed by atoms with Crippen LogP contribution < -0.4 is 16.4 Å². The van der Waals surface area contributed by atoms with Gasteiger partial charge in [-0.05, 0) is 20.8 Å². The molecule has 0 aromatic carbocycles. The Labute approximate surface area is 93.1 Å². The van der Waals surface area contributed by atoms with Crippen molar-refractivity contribution in [1.82, 2.24) is 10.3 Å². The first-order valence-corrected chi connectivity index (χ1v) is 5.59. The van der Waals surface area contributed by atoms with Crippen molar-refractivity contribution in [2.24, 2.45) is 0 Å². The zero-order chi connectivity index (χ0) is 11.4. The summed E-state index contributed by atoms with van der Waals surface area (Å²) in [6.45, 7) is 5.63. The summed E-state index contributed by atoms with van der Waals surface area (Å²) in [5, 5.41) is 7.10. The quantitative estimate of drug-likeness (QED) is 0.719. The van der Waals surface area contributed by atoms with Gasteiger partial charge in [-0.1, -0.05) is 11.3 Å². The SMILES string of the molecule is CC(C)NC(=O)C(C)Nc1ncc(N)s1. The molecule has 1 heterocycles. The van der Waals surface area contributed by atoms with Crippen molar-refractivity contribution in [3.8, 4) is 0 Å². The highest BCUT2D eigenvalue weighted by Crippen LogP contribution is 2.20. The van der Waals surface area contributed by atoms with E-state index in [2.05, 4.69) is 15.6 Å². The average molecular weight is 228 g/mol. The molecule has 0 fully saturated rings. The number of anilines is 2. The normalized spacial score (nSPS) is 12.5. The molecule has 0 aliphatic carbocycles. The molecule has 0 saturated carbocycles. The van der Waals surface area contributed by atoms with Crippen LogP contribution in [0.15, 0.2) is 6.20 Å². The summed E-state index contributed by atoms with van der Waals surface area (Å²) in [6.07, 6.45) is 1.57. The van der Waals surface area contributed by atoms with Crippen molar-refractivity contribution in [3.63, 3.8) is 0 Å². The molecule has 1 rings (SSSR count). The molecule has 84 valence electrons. The molecule has 1 atom stereocenters. The third-order valence-electron chi connectivity index (χ3n) is 1.69. The zero-order valence-electron chi connectivity index (χ0n) is 9.07. The lowest BCUT2D eigenvalue weighted by atomic mass is 10.3. The zero-order valence-corrected chi connectivity index (χ0v) is 9.89. The van der Waals surface area contributed by atoms with Gasteiger partial charge in [0.25, 0.3) is 0 Å². The lowest BCUT2D eigenvalue weighted by molar-refractivity contribution is -0.122. The van der Waals surface area contributed by atoms with E-state index in [1.54, 1.807) is 13.1 Å². The lowest BCUT2D eigenvalue weighted by Crippen LogP contribution is -2.40. The molecule has 1 aromatic heterocycles. The van der Waals surface area contributed by atoms with E-state index >= 15 is 0 Å². The van der Waals surface area contributed by atoms with Crippen LogP contribution in [0, 0.1) is 0 Å². The first-order valence-electron chi connectivity index (χ1n) is 4.77. The van der Waals surface area contributed by atoms with Crippen molar-refractivity contribution in [2.75, 3.05) is 11.1 Å². The first-order chi connectivity index (χ1) is 6.99. The van der Waals surface area contributed by atoms with E-state index < -0.39 is 0 Å². The Morgan fingerprint density at radius 1 is 1.53 bits per heavy atom. The van der Waals surface area contributed by atoms with E-state index in [4.69, 9.17) is 5.73 Å². The molecular weight excluding hydrogens is 212 g/mol. The van der Waals surface area contributed by atoms with Crippen molar-refractivity contribution in [3.05, 3.63) is 6.20 Å². The highest BCUT2D eigenvalue weighted by Gasteiger charge is 2.14. The fraction of sp³-hybridized carbons (Fsp3) is 0.556. The second-order valence-electron chi connectivity index (χ2n) is 3.60. The molecule has 15 heavy (non-hydrogen) atoms. The number of nitrogens with zero attached hydrogens (tertiary/aromatic N) is 1. The van der Waals surface area contributed by atoms with E-state index in [9.17, 15) is 4.79 Å². The maximum atomic E-state index is 11.5. The largest absolute Gasteiger partial charge is 0.389 e. The van der Waals surface area contributed by atoms with Gasteiger partial charge in [-0.15, -0.1) is 0 Å². The molecule has 0 aliphatic rings. The van der Waals surface area contributed by atoms with E-state index in [1.807, 2.05) is 13.8 Å². The third-order valence-corrected chi connectivity index (χ3v) is 2.45. The molecule has 1 unspecified atom stereocenters. The summed E-state index contributed by atoms with van der Waals surface area (Å²) < 4.78 is 0. The number of nitrogen functional groups attached to an aromatic ring is 1. The standard InChI is InChI=1S/C9H16N4OS/c1-5(2)12-8(14)6(3)13-9-11-4-7(10)15-9/h4-6H,10H2,1-3H3,(H,11,13)(H,12,14). The van der Waals surface area contributed by atoms with Gasteiger partial charge < -0.3 is 16.4 Å². The van der Waals surface area contributed by atoms with Gasteiger partial charge in [-0.25, -0.2) is 4.98 Å². The molecular formula is C9H16N4OS. The Morgan fingerprint density at radius 2 is 2.20 bits per heavy atom. The maximum absolute atomic E-state index is 11.5. The number of aromatic nitrogens is 1. The number of hydrogen-bond donors (Lipinski definition) is 3. The number of nitrogens with two attached hydrogens (primary N) is 1. The van der Waals surface area contributed by atoms with Gasteiger partial charge in [0, 0.05) is 6.04 Å². The molecule has 0 bridgehead atoms. The van der Waals surface area contributed by atoms with Crippen LogP contribution in [0.4, 0.5) is 10.1 Å². The minimum absolute atomic E-state index is 0.0428. The van der Waals surface area contributed by atoms with Crippen LogP contribution >= 0.6 is 11.3 Å². The van der Waals surface area contributed by atoms with Crippen LogP contribution in [0.2, 0.25) is 0 Å². The fourth-order valence-electron chi connectivity index (χ4n) is 1.01. The Hall–Kier alpha value is -1.30. The summed E-state index contributed by atoms with van der Waals surface area (Å²) >= 11 is 1.33. The molecule has 0 saturated heterocycles. The Morgan fingerprint density at radius 3 is 2.67 bits per heavy atom. The summed E-state index contributed by atoms with van der Waals surface area (Å²) in [7, 11) is 0. The van der Waals surface area contributed by atoms with Gasteiger partial charge in [-0.2, -0.15) is 0 Å². The second-order valence-corrected chi connectivity index (χ2v) is 4.66. The molecule has 5 nitrogen and oxygen atoms in total. The maximum Gasteiger partial charge on any atom is 0.242 e. The van der Waals surface area contributed by atoms with Crippen molar-refractivity contribution >= 4 is 27.4 Å². The van der Waals surface area contributed by atoms with E-state index in [-0.39, 0.29) is 18.0 Å². The van der Waals surface area contributed by atoms with Gasteiger partial charge in [0.1, 0.15) is 11.0 Å². The number of carbonyl (C=O) groups is 1. The highest BCUT2D eigenvalue weighted by atomic mass is 32.1. The molecule has 1 amide bonds. The smallest absolute Gasteiger partial charge is 0.242 e. The lowest BCUT2D eigenvalue weighted by Gasteiger charge is -2.15. The predicted molar refractivity (Wildman–Crippen MR) is 62.9 cm³/mol. The van der Waals surface area contributed by atoms with Crippen molar-refractivity contribution in [1.29, 1.82) is 0 Å². The minimum Gasteiger partial charge on any atom is -0.389 e. The van der Waals surface area contributed by atoms with Gasteiger partial charge in [0.15, 0.2) is 5.13 Å². The Bertz CT molecular complexity index is 337. The first kappa shape index (κ1) is 11.8. The van der Waals surface area contributed by atoms with Crippen LogP contribution in [0.5, 0.6) is 0 Å². The molecule has 4 N–H and O–H groups in total. The predicted octanol–water partition coefficient (Wildman–Crippen LogP) is 1.05. The van der Waals surface area contributed by atoms with Crippen LogP contribution in [0.25, 0.3) is 0 Å². The summed E-state index contributed by atoms with van der Waals surface area (Å²) in [6, 6.07) is -0.166. The van der Waals surface area contributed by atoms with Gasteiger partial charge >= 0.3 is 0 Å². The molecule has 0 spiro atoms. The van der Waals surface area contributed by atoms with Crippen LogP contribution in [-0.2, 0) is 4.79 Å². The van der Waals surface area contributed by atoms with Gasteiger partial charge in [-0.3, -0.25) is 4.79 Å². The van der Waals surface area contributed by atoms with E-state index in [0.717, 1.165) is 0 Å². The number of nitrogens with one attached hydrogen (secondary N) is 2. The third kappa shape index (κ3) is 3.75. The van der Waals surface area contributed by atoms with Crippen molar-refractivity contribution < 1.29 is 4.79 Å². The minimum atomic E-state index is -0.307. The Balaban J connectivity index is 2.48. The average Bonchev–Trinajstić information content (AvgIpc) is 2.50. The number of hydrogen-bond acceptors (Lipinski definition) is 5. The van der Waals surface area contributed by atoms with Crippen molar-refractivity contribution in [2.45, 2.75) is 32.9 Å². The van der Waals surface area contributed by atoms with E-state index in [0.29, 0.717) is 10.1 Å². The fourth-order valence-corrected chi connectivity index (χ4v) is 1.68. The number of amides is 1. The topological polar surface area (TPSA) is 80.0 Å². The second kappa shape index (κ2) is 4.97. The molecule has 0 aliphatic heterocycles. The molecule has 1 aromatic rings.